The molecule has 0 saturated carbocycles. The Morgan fingerprint density at radius 3 is 2.67 bits per heavy atom. The van der Waals surface area contributed by atoms with Gasteiger partial charge in [0.05, 0.1) is 5.01 Å². The van der Waals surface area contributed by atoms with E-state index in [2.05, 4.69) is 10.3 Å². The van der Waals surface area contributed by atoms with Crippen molar-refractivity contribution in [1.29, 1.82) is 0 Å². The van der Waals surface area contributed by atoms with Crippen LogP contribution < -0.4 is 11.1 Å². The number of hydrogen-bond donors (Lipinski definition) is 2. The normalized spacial score (nSPS) is 11.4. The summed E-state index contributed by atoms with van der Waals surface area (Å²) in [6.07, 6.45) is 0.584. The summed E-state index contributed by atoms with van der Waals surface area (Å²) >= 11 is 1.41. The van der Waals surface area contributed by atoms with Crippen LogP contribution in [0.4, 0.5) is 4.39 Å². The van der Waals surface area contributed by atoms with Gasteiger partial charge in [-0.15, -0.1) is 11.3 Å². The van der Waals surface area contributed by atoms with Gasteiger partial charge in [-0.25, -0.2) is 9.37 Å². The molecule has 0 unspecified atom stereocenters. The molecule has 2 aromatic rings. The molecule has 4 nitrogen and oxygen atoms in total. The Hall–Kier alpha value is -1.79. The van der Waals surface area contributed by atoms with Crippen molar-refractivity contribution in [2.45, 2.75) is 25.8 Å². The number of amides is 1. The lowest BCUT2D eigenvalue weighted by Crippen LogP contribution is -2.45. The zero-order valence-electron chi connectivity index (χ0n) is 12.0. The molecule has 0 fully saturated rings. The maximum Gasteiger partial charge on any atom is 0.270 e. The van der Waals surface area contributed by atoms with Gasteiger partial charge >= 0.3 is 0 Å². The molecular weight excluding hydrogens is 289 g/mol. The van der Waals surface area contributed by atoms with Crippen LogP contribution in [0.25, 0.3) is 0 Å². The Kier molecular flexibility index (Phi) is 4.69. The van der Waals surface area contributed by atoms with Gasteiger partial charge in [0.2, 0.25) is 0 Å². The van der Waals surface area contributed by atoms with Crippen LogP contribution >= 0.6 is 11.3 Å². The van der Waals surface area contributed by atoms with Gasteiger partial charge in [0, 0.05) is 23.9 Å². The first-order valence-corrected chi connectivity index (χ1v) is 7.47. The molecule has 1 heterocycles. The van der Waals surface area contributed by atoms with Crippen LogP contribution in [0.1, 0.15) is 34.9 Å². The molecule has 0 aliphatic heterocycles. The minimum atomic E-state index is -0.456. The van der Waals surface area contributed by atoms with Crippen molar-refractivity contribution in [1.82, 2.24) is 10.3 Å². The molecule has 1 aromatic carbocycles. The summed E-state index contributed by atoms with van der Waals surface area (Å²) in [5.74, 6) is -0.488. The summed E-state index contributed by atoms with van der Waals surface area (Å²) in [5.41, 5.74) is 6.71. The first-order valence-electron chi connectivity index (χ1n) is 6.59. The molecule has 6 heteroatoms. The molecule has 0 radical (unpaired) electrons. The summed E-state index contributed by atoms with van der Waals surface area (Å²) in [6, 6.07) is 6.26. The highest BCUT2D eigenvalue weighted by molar-refractivity contribution is 7.09. The molecule has 0 aliphatic carbocycles. The zero-order valence-corrected chi connectivity index (χ0v) is 12.8. The molecule has 2 rings (SSSR count). The van der Waals surface area contributed by atoms with Crippen LogP contribution in [-0.4, -0.2) is 23.0 Å². The van der Waals surface area contributed by atoms with Crippen LogP contribution in [-0.2, 0) is 6.42 Å². The second-order valence-corrected chi connectivity index (χ2v) is 6.54. The van der Waals surface area contributed by atoms with Crippen molar-refractivity contribution in [2.24, 2.45) is 5.73 Å². The van der Waals surface area contributed by atoms with E-state index in [0.717, 1.165) is 10.6 Å². The van der Waals surface area contributed by atoms with Crippen LogP contribution in [0.3, 0.4) is 0 Å². The molecule has 0 bridgehead atoms. The number of nitrogens with one attached hydrogen (secondary N) is 1. The molecule has 1 aromatic heterocycles. The Bertz CT molecular complexity index is 617. The second-order valence-electron chi connectivity index (χ2n) is 5.60. The molecular formula is C15H18FN3OS. The van der Waals surface area contributed by atoms with Crippen LogP contribution in [0.5, 0.6) is 0 Å². The van der Waals surface area contributed by atoms with E-state index in [-0.39, 0.29) is 11.7 Å². The van der Waals surface area contributed by atoms with Crippen molar-refractivity contribution in [3.05, 3.63) is 51.7 Å². The van der Waals surface area contributed by atoms with E-state index < -0.39 is 5.54 Å². The quantitative estimate of drug-likeness (QED) is 0.891. The minimum absolute atomic E-state index is 0.227. The highest BCUT2D eigenvalue weighted by atomic mass is 32.1. The van der Waals surface area contributed by atoms with E-state index in [1.165, 1.54) is 23.5 Å². The first kappa shape index (κ1) is 15.6. The van der Waals surface area contributed by atoms with Crippen molar-refractivity contribution in [3.63, 3.8) is 0 Å². The summed E-state index contributed by atoms with van der Waals surface area (Å²) in [4.78, 5) is 16.2. The monoisotopic (exact) mass is 307 g/mol. The lowest BCUT2D eigenvalue weighted by atomic mass is 10.1. The minimum Gasteiger partial charge on any atom is -0.349 e. The van der Waals surface area contributed by atoms with Gasteiger partial charge in [-0.3, -0.25) is 4.79 Å². The third kappa shape index (κ3) is 4.91. The highest BCUT2D eigenvalue weighted by Crippen LogP contribution is 2.15. The van der Waals surface area contributed by atoms with E-state index >= 15 is 0 Å². The van der Waals surface area contributed by atoms with Gasteiger partial charge in [0.15, 0.2) is 0 Å². The predicted octanol–water partition coefficient (Wildman–Crippen LogP) is 2.34. The van der Waals surface area contributed by atoms with Crippen LogP contribution in [0.15, 0.2) is 29.6 Å². The third-order valence-electron chi connectivity index (χ3n) is 2.76. The SMILES string of the molecule is CC(C)(N)CNC(=O)c1csc(Cc2ccc(F)cc2)n1. The van der Waals surface area contributed by atoms with E-state index in [1.807, 2.05) is 13.8 Å². The number of thiazole rings is 1. The van der Waals surface area contributed by atoms with E-state index in [1.54, 1.807) is 17.5 Å². The number of hydrogen-bond acceptors (Lipinski definition) is 4. The predicted molar refractivity (Wildman–Crippen MR) is 81.9 cm³/mol. The summed E-state index contributed by atoms with van der Waals surface area (Å²) in [6.45, 7) is 4.07. The van der Waals surface area contributed by atoms with E-state index in [0.29, 0.717) is 18.7 Å². The number of benzene rings is 1. The third-order valence-corrected chi connectivity index (χ3v) is 3.61. The largest absolute Gasteiger partial charge is 0.349 e. The van der Waals surface area contributed by atoms with Crippen molar-refractivity contribution in [2.75, 3.05) is 6.54 Å². The van der Waals surface area contributed by atoms with Crippen molar-refractivity contribution in [3.8, 4) is 0 Å². The van der Waals surface area contributed by atoms with Crippen molar-refractivity contribution >= 4 is 17.2 Å². The topological polar surface area (TPSA) is 68.0 Å². The number of rotatable bonds is 5. The van der Waals surface area contributed by atoms with Gasteiger partial charge in [0.25, 0.3) is 5.91 Å². The van der Waals surface area contributed by atoms with Crippen LogP contribution in [0, 0.1) is 5.82 Å². The van der Waals surface area contributed by atoms with Gasteiger partial charge in [-0.2, -0.15) is 0 Å². The Morgan fingerprint density at radius 1 is 1.38 bits per heavy atom. The highest BCUT2D eigenvalue weighted by Gasteiger charge is 2.15. The molecule has 0 spiro atoms. The summed E-state index contributed by atoms with van der Waals surface area (Å²) in [7, 11) is 0. The number of carbonyl (C=O) groups is 1. The second kappa shape index (κ2) is 6.32. The molecule has 21 heavy (non-hydrogen) atoms. The number of nitrogens with two attached hydrogens (primary N) is 1. The van der Waals surface area contributed by atoms with E-state index in [9.17, 15) is 9.18 Å². The van der Waals surface area contributed by atoms with Gasteiger partial charge in [-0.1, -0.05) is 12.1 Å². The molecule has 112 valence electrons. The molecule has 1 amide bonds. The Morgan fingerprint density at radius 2 is 2.05 bits per heavy atom. The average Bonchev–Trinajstić information content (AvgIpc) is 2.86. The van der Waals surface area contributed by atoms with Gasteiger partial charge in [-0.05, 0) is 31.5 Å². The zero-order chi connectivity index (χ0) is 15.5. The standard InChI is InChI=1S/C15H18FN3OS/c1-15(2,17)9-18-14(20)12-8-21-13(19-12)7-10-3-5-11(16)6-4-10/h3-6,8H,7,9,17H2,1-2H3,(H,18,20). The Labute approximate surface area is 127 Å². The van der Waals surface area contributed by atoms with Gasteiger partial charge < -0.3 is 11.1 Å². The first-order chi connectivity index (χ1) is 9.83. The lowest BCUT2D eigenvalue weighted by Gasteiger charge is -2.18. The summed E-state index contributed by atoms with van der Waals surface area (Å²) < 4.78 is 12.8. The van der Waals surface area contributed by atoms with Crippen LogP contribution in [0.2, 0.25) is 0 Å². The number of nitrogens with zero attached hydrogens (tertiary/aromatic N) is 1. The number of carbonyl (C=O) groups excluding carboxylic acids is 1. The molecule has 3 N–H and O–H groups in total. The maximum atomic E-state index is 12.8. The smallest absolute Gasteiger partial charge is 0.270 e. The fourth-order valence-corrected chi connectivity index (χ4v) is 2.48. The lowest BCUT2D eigenvalue weighted by molar-refractivity contribution is 0.0941. The Balaban J connectivity index is 1.97. The van der Waals surface area contributed by atoms with Crippen molar-refractivity contribution < 1.29 is 9.18 Å². The van der Waals surface area contributed by atoms with Gasteiger partial charge in [0.1, 0.15) is 11.5 Å². The molecule has 0 saturated heterocycles. The average molecular weight is 307 g/mol. The number of aromatic nitrogens is 1. The summed E-state index contributed by atoms with van der Waals surface area (Å²) in [5, 5.41) is 5.29. The fraction of sp³-hybridized carbons (Fsp3) is 0.333. The number of halogens is 1. The molecule has 0 aliphatic rings. The van der Waals surface area contributed by atoms with E-state index in [4.69, 9.17) is 5.73 Å². The molecule has 0 atom stereocenters. The fourth-order valence-electron chi connectivity index (χ4n) is 1.67. The maximum absolute atomic E-state index is 12.8.